The fraction of sp³-hybridized carbons (Fsp3) is 0. The van der Waals surface area contributed by atoms with E-state index in [9.17, 15) is 9.59 Å². The Kier molecular flexibility index (Phi) is 3.02. The van der Waals surface area contributed by atoms with Crippen molar-refractivity contribution < 1.29 is 4.42 Å². The fourth-order valence-electron chi connectivity index (χ4n) is 2.47. The Bertz CT molecular complexity index is 1180. The maximum atomic E-state index is 12.2. The van der Waals surface area contributed by atoms with Crippen molar-refractivity contribution in [3.8, 4) is 11.4 Å². The molecule has 0 atom stereocenters. The predicted octanol–water partition coefficient (Wildman–Crippen LogP) is 3.35. The summed E-state index contributed by atoms with van der Waals surface area (Å²) in [5, 5.41) is 1.56. The van der Waals surface area contributed by atoms with Gasteiger partial charge in [0.25, 0.3) is 5.56 Å². The highest BCUT2D eigenvalue weighted by Crippen LogP contribution is 2.20. The number of hydrogen-bond acceptors (Lipinski definition) is 4. The van der Waals surface area contributed by atoms with Crippen LogP contribution in [0.1, 0.15) is 0 Å². The summed E-state index contributed by atoms with van der Waals surface area (Å²) in [4.78, 5) is 31.4. The van der Waals surface area contributed by atoms with Crippen LogP contribution in [0.5, 0.6) is 0 Å². The van der Waals surface area contributed by atoms with Gasteiger partial charge in [0.15, 0.2) is 0 Å². The molecular weight excluding hydrogens is 316 g/mol. The monoisotopic (exact) mass is 324 g/mol. The molecule has 2 aromatic heterocycles. The number of fused-ring (bicyclic) bond motifs is 2. The number of nitrogens with zero attached hydrogens (tertiary/aromatic N) is 1. The van der Waals surface area contributed by atoms with Crippen molar-refractivity contribution in [2.45, 2.75) is 0 Å². The average Bonchev–Trinajstić information content (AvgIpc) is 2.54. The summed E-state index contributed by atoms with van der Waals surface area (Å²) in [6, 6.07) is 13.6. The molecule has 0 amide bonds. The van der Waals surface area contributed by atoms with Gasteiger partial charge in [-0.25, -0.2) is 9.78 Å². The van der Waals surface area contributed by atoms with Crippen LogP contribution in [0, 0.1) is 0 Å². The molecule has 0 unspecified atom stereocenters. The van der Waals surface area contributed by atoms with Gasteiger partial charge < -0.3 is 9.40 Å². The smallest absolute Gasteiger partial charge is 0.347 e. The molecule has 112 valence electrons. The lowest BCUT2D eigenvalue weighted by Gasteiger charge is -2.04. The summed E-state index contributed by atoms with van der Waals surface area (Å²) in [7, 11) is 0. The number of H-pyrrole nitrogens is 1. The summed E-state index contributed by atoms with van der Waals surface area (Å²) in [6.45, 7) is 0. The van der Waals surface area contributed by atoms with Crippen molar-refractivity contribution in [2.24, 2.45) is 0 Å². The van der Waals surface area contributed by atoms with Crippen LogP contribution in [0.15, 0.2) is 62.5 Å². The van der Waals surface area contributed by atoms with Crippen molar-refractivity contribution in [1.29, 1.82) is 0 Å². The van der Waals surface area contributed by atoms with Crippen LogP contribution in [0.2, 0.25) is 5.02 Å². The van der Waals surface area contributed by atoms with Crippen LogP contribution in [-0.2, 0) is 0 Å². The van der Waals surface area contributed by atoms with E-state index in [-0.39, 0.29) is 16.9 Å². The number of hydrogen-bond donors (Lipinski definition) is 1. The highest BCUT2D eigenvalue weighted by Gasteiger charge is 2.12. The minimum atomic E-state index is -0.555. The van der Waals surface area contributed by atoms with E-state index in [1.807, 2.05) is 12.1 Å². The number of para-hydroxylation sites is 1. The van der Waals surface area contributed by atoms with E-state index >= 15 is 0 Å². The molecule has 5 nitrogen and oxygen atoms in total. The molecule has 6 heteroatoms. The fourth-order valence-corrected chi connectivity index (χ4v) is 2.64. The molecule has 0 fully saturated rings. The largest absolute Gasteiger partial charge is 0.422 e. The summed E-state index contributed by atoms with van der Waals surface area (Å²) < 4.78 is 5.28. The first-order chi connectivity index (χ1) is 11.1. The van der Waals surface area contributed by atoms with Crippen molar-refractivity contribution >= 4 is 33.5 Å². The number of aromatic amines is 1. The summed E-state index contributed by atoms with van der Waals surface area (Å²) in [6.07, 6.45) is 0. The molecule has 4 rings (SSSR count). The summed E-state index contributed by atoms with van der Waals surface area (Å²) >= 11 is 5.89. The molecule has 0 bridgehead atoms. The summed E-state index contributed by atoms with van der Waals surface area (Å²) in [5.74, 6) is 0.171. The topological polar surface area (TPSA) is 76.0 Å². The maximum absolute atomic E-state index is 12.2. The minimum Gasteiger partial charge on any atom is -0.422 e. The van der Waals surface area contributed by atoms with E-state index in [1.165, 1.54) is 6.07 Å². The number of benzene rings is 2. The van der Waals surface area contributed by atoms with Gasteiger partial charge in [0.1, 0.15) is 17.0 Å². The normalized spacial score (nSPS) is 11.2. The van der Waals surface area contributed by atoms with Crippen molar-refractivity contribution in [2.75, 3.05) is 0 Å². The van der Waals surface area contributed by atoms with Crippen molar-refractivity contribution in [3.63, 3.8) is 0 Å². The number of aromatic nitrogens is 2. The quantitative estimate of drug-likeness (QED) is 0.545. The van der Waals surface area contributed by atoms with Gasteiger partial charge in [0.05, 0.1) is 10.9 Å². The van der Waals surface area contributed by atoms with Gasteiger partial charge in [-0.1, -0.05) is 29.8 Å². The van der Waals surface area contributed by atoms with E-state index in [4.69, 9.17) is 16.0 Å². The summed E-state index contributed by atoms with van der Waals surface area (Å²) in [5.41, 5.74) is 0.231. The van der Waals surface area contributed by atoms with Gasteiger partial charge in [0.2, 0.25) is 0 Å². The second kappa shape index (κ2) is 5.07. The van der Waals surface area contributed by atoms with Gasteiger partial charge in [-0.15, -0.1) is 0 Å². The Hall–Kier alpha value is -2.92. The number of rotatable bonds is 1. The molecule has 23 heavy (non-hydrogen) atoms. The van der Waals surface area contributed by atoms with Gasteiger partial charge in [-0.05, 0) is 30.3 Å². The lowest BCUT2D eigenvalue weighted by atomic mass is 10.1. The molecule has 0 radical (unpaired) electrons. The predicted molar refractivity (Wildman–Crippen MR) is 88.9 cm³/mol. The number of nitrogens with one attached hydrogen (secondary N) is 1. The lowest BCUT2D eigenvalue weighted by molar-refractivity contribution is 0.563. The Morgan fingerprint density at radius 1 is 1.04 bits per heavy atom. The molecule has 2 heterocycles. The van der Waals surface area contributed by atoms with E-state index in [0.717, 1.165) is 5.39 Å². The molecular formula is C17H9ClN2O3. The molecule has 4 aromatic rings. The molecule has 0 aliphatic carbocycles. The van der Waals surface area contributed by atoms with Crippen LogP contribution >= 0.6 is 11.6 Å². The highest BCUT2D eigenvalue weighted by atomic mass is 35.5. The van der Waals surface area contributed by atoms with E-state index in [2.05, 4.69) is 9.97 Å². The Morgan fingerprint density at radius 2 is 1.87 bits per heavy atom. The van der Waals surface area contributed by atoms with Gasteiger partial charge in [-0.2, -0.15) is 0 Å². The Balaban J connectivity index is 2.02. The lowest BCUT2D eigenvalue weighted by Crippen LogP contribution is -2.13. The first kappa shape index (κ1) is 13.7. The average molecular weight is 325 g/mol. The molecule has 0 saturated carbocycles. The molecule has 0 aliphatic heterocycles. The third-order valence-electron chi connectivity index (χ3n) is 3.56. The molecule has 0 aliphatic rings. The third kappa shape index (κ3) is 2.31. The second-order valence-electron chi connectivity index (χ2n) is 5.06. The first-order valence-corrected chi connectivity index (χ1v) is 7.22. The van der Waals surface area contributed by atoms with Crippen LogP contribution in [0.25, 0.3) is 33.3 Å². The molecule has 1 N–H and O–H groups in total. The second-order valence-corrected chi connectivity index (χ2v) is 5.50. The third-order valence-corrected chi connectivity index (χ3v) is 3.80. The minimum absolute atomic E-state index is 0.171. The van der Waals surface area contributed by atoms with E-state index in [0.29, 0.717) is 21.5 Å². The van der Waals surface area contributed by atoms with Crippen LogP contribution in [-0.4, -0.2) is 9.97 Å². The first-order valence-electron chi connectivity index (χ1n) is 6.85. The van der Waals surface area contributed by atoms with Gasteiger partial charge in [-0.3, -0.25) is 4.79 Å². The van der Waals surface area contributed by atoms with E-state index in [1.54, 1.807) is 30.3 Å². The zero-order valence-corrected chi connectivity index (χ0v) is 12.4. The highest BCUT2D eigenvalue weighted by molar-refractivity contribution is 6.31. The van der Waals surface area contributed by atoms with Crippen LogP contribution in [0.3, 0.4) is 0 Å². The molecule has 2 aromatic carbocycles. The zero-order chi connectivity index (χ0) is 16.0. The van der Waals surface area contributed by atoms with E-state index < -0.39 is 5.63 Å². The van der Waals surface area contributed by atoms with Crippen LogP contribution < -0.4 is 11.2 Å². The molecule has 0 saturated heterocycles. The van der Waals surface area contributed by atoms with Crippen molar-refractivity contribution in [1.82, 2.24) is 9.97 Å². The number of halogens is 1. The van der Waals surface area contributed by atoms with Crippen LogP contribution in [0.4, 0.5) is 0 Å². The Morgan fingerprint density at radius 3 is 2.74 bits per heavy atom. The Labute approximate surface area is 134 Å². The zero-order valence-electron chi connectivity index (χ0n) is 11.7. The van der Waals surface area contributed by atoms with Gasteiger partial charge in [0, 0.05) is 10.4 Å². The maximum Gasteiger partial charge on any atom is 0.347 e. The standard InChI is InChI=1S/C17H9ClN2O3/c18-10-5-6-13-11(8-10)16(21)20-15(19-13)12-7-9-3-1-2-4-14(9)23-17(12)22/h1-8H,(H,19,20,21). The van der Waals surface area contributed by atoms with Gasteiger partial charge >= 0.3 is 5.63 Å². The molecule has 0 spiro atoms. The van der Waals surface area contributed by atoms with Crippen molar-refractivity contribution in [3.05, 3.63) is 74.3 Å². The SMILES string of the molecule is O=c1oc2ccccc2cc1-c1nc2ccc(Cl)cc2c(=O)[nH]1.